The van der Waals surface area contributed by atoms with Crippen molar-refractivity contribution in [3.05, 3.63) is 23.0 Å². The molecule has 0 aliphatic carbocycles. The molecule has 4 heterocycles. The summed E-state index contributed by atoms with van der Waals surface area (Å²) in [5, 5.41) is 3.38. The van der Waals surface area contributed by atoms with Crippen molar-refractivity contribution in [2.24, 2.45) is 7.05 Å². The lowest BCUT2D eigenvalue weighted by molar-refractivity contribution is -0.0409. The minimum absolute atomic E-state index is 0.162. The Morgan fingerprint density at radius 1 is 1.29 bits per heavy atom. The summed E-state index contributed by atoms with van der Waals surface area (Å²) >= 11 is 0. The molecule has 2 saturated heterocycles. The molecule has 24 heavy (non-hydrogen) atoms. The fourth-order valence-electron chi connectivity index (χ4n) is 4.07. The zero-order valence-corrected chi connectivity index (χ0v) is 14.4. The molecular weight excluding hydrogens is 306 g/mol. The number of likely N-dealkylation sites (tertiary alicyclic amines) is 1. The van der Waals surface area contributed by atoms with E-state index in [1.165, 1.54) is 11.3 Å². The molecule has 1 aromatic heterocycles. The number of hydrogen-bond donors (Lipinski definition) is 1. The SMILES string of the molecule is Cn1c(C(=O)N2CCC(OC3CCOC3)CC2)cc2c1CCNC2. The standard InChI is InChI=1S/C18H27N3O3/c1-20-16-2-6-19-11-13(16)10-17(20)18(22)21-7-3-14(4-8-21)24-15-5-9-23-12-15/h10,14-15,19H,2-9,11-12H2,1H3. The van der Waals surface area contributed by atoms with Gasteiger partial charge >= 0.3 is 0 Å². The number of nitrogens with zero attached hydrogens (tertiary/aromatic N) is 2. The van der Waals surface area contributed by atoms with E-state index in [2.05, 4.69) is 16.0 Å². The number of fused-ring (bicyclic) bond motifs is 1. The predicted molar refractivity (Wildman–Crippen MR) is 90.1 cm³/mol. The number of rotatable bonds is 3. The lowest BCUT2D eigenvalue weighted by Gasteiger charge is -2.33. The fraction of sp³-hybridized carbons (Fsp3) is 0.722. The van der Waals surface area contributed by atoms with Gasteiger partial charge in [0.15, 0.2) is 0 Å². The van der Waals surface area contributed by atoms with Crippen molar-refractivity contribution < 1.29 is 14.3 Å². The van der Waals surface area contributed by atoms with Gasteiger partial charge in [-0.05, 0) is 30.9 Å². The van der Waals surface area contributed by atoms with Crippen LogP contribution in [0.2, 0.25) is 0 Å². The van der Waals surface area contributed by atoms with E-state index >= 15 is 0 Å². The van der Waals surface area contributed by atoms with E-state index in [1.807, 2.05) is 11.9 Å². The van der Waals surface area contributed by atoms with Crippen LogP contribution in [0.15, 0.2) is 6.07 Å². The molecule has 3 aliphatic heterocycles. The molecule has 2 fully saturated rings. The van der Waals surface area contributed by atoms with Gasteiger partial charge in [-0.2, -0.15) is 0 Å². The number of amides is 1. The van der Waals surface area contributed by atoms with Crippen LogP contribution in [0.1, 0.15) is 41.0 Å². The van der Waals surface area contributed by atoms with E-state index in [0.29, 0.717) is 0 Å². The van der Waals surface area contributed by atoms with Crippen molar-refractivity contribution >= 4 is 5.91 Å². The quantitative estimate of drug-likeness (QED) is 0.899. The van der Waals surface area contributed by atoms with Gasteiger partial charge in [0.05, 0.1) is 18.8 Å². The molecule has 0 spiro atoms. The first-order chi connectivity index (χ1) is 11.7. The molecule has 1 aromatic rings. The second kappa shape index (κ2) is 6.86. The maximum absolute atomic E-state index is 12.9. The van der Waals surface area contributed by atoms with Crippen LogP contribution in [0.3, 0.4) is 0 Å². The maximum atomic E-state index is 12.9. The van der Waals surface area contributed by atoms with Crippen LogP contribution in [0, 0.1) is 0 Å². The van der Waals surface area contributed by atoms with E-state index in [4.69, 9.17) is 9.47 Å². The van der Waals surface area contributed by atoms with Crippen LogP contribution >= 0.6 is 0 Å². The minimum Gasteiger partial charge on any atom is -0.379 e. The van der Waals surface area contributed by atoms with Crippen LogP contribution in [0.4, 0.5) is 0 Å². The van der Waals surface area contributed by atoms with Gasteiger partial charge in [0.2, 0.25) is 0 Å². The predicted octanol–water partition coefficient (Wildman–Crippen LogP) is 1.08. The van der Waals surface area contributed by atoms with Crippen molar-refractivity contribution in [1.29, 1.82) is 0 Å². The Balaban J connectivity index is 1.37. The molecule has 0 bridgehead atoms. The van der Waals surface area contributed by atoms with E-state index < -0.39 is 0 Å². The molecular formula is C18H27N3O3. The Hall–Kier alpha value is -1.37. The molecule has 0 aromatic carbocycles. The highest BCUT2D eigenvalue weighted by Gasteiger charge is 2.29. The molecule has 4 rings (SSSR count). The summed E-state index contributed by atoms with van der Waals surface area (Å²) in [4.78, 5) is 14.9. The monoisotopic (exact) mass is 333 g/mol. The van der Waals surface area contributed by atoms with Gasteiger partial charge in [-0.1, -0.05) is 0 Å². The Morgan fingerprint density at radius 3 is 2.83 bits per heavy atom. The molecule has 6 nitrogen and oxygen atoms in total. The Bertz CT molecular complexity index is 599. The van der Waals surface area contributed by atoms with Gasteiger partial charge in [0.25, 0.3) is 5.91 Å². The van der Waals surface area contributed by atoms with Gasteiger partial charge in [0, 0.05) is 51.9 Å². The first-order valence-corrected chi connectivity index (χ1v) is 9.13. The summed E-state index contributed by atoms with van der Waals surface area (Å²) in [7, 11) is 2.02. The smallest absolute Gasteiger partial charge is 0.270 e. The molecule has 132 valence electrons. The van der Waals surface area contributed by atoms with Gasteiger partial charge < -0.3 is 24.3 Å². The first kappa shape index (κ1) is 16.1. The molecule has 1 unspecified atom stereocenters. The summed E-state index contributed by atoms with van der Waals surface area (Å²) < 4.78 is 13.6. The van der Waals surface area contributed by atoms with E-state index in [-0.39, 0.29) is 18.1 Å². The summed E-state index contributed by atoms with van der Waals surface area (Å²) in [6, 6.07) is 2.07. The normalized spacial score (nSPS) is 25.0. The van der Waals surface area contributed by atoms with Crippen LogP contribution in [-0.2, 0) is 29.5 Å². The van der Waals surface area contributed by atoms with E-state index in [9.17, 15) is 4.79 Å². The third-order valence-corrected chi connectivity index (χ3v) is 5.52. The Kier molecular flexibility index (Phi) is 4.61. The van der Waals surface area contributed by atoms with Crippen LogP contribution < -0.4 is 5.32 Å². The molecule has 1 N–H and O–H groups in total. The average Bonchev–Trinajstić information content (AvgIpc) is 3.23. The van der Waals surface area contributed by atoms with Crippen molar-refractivity contribution in [3.63, 3.8) is 0 Å². The zero-order valence-electron chi connectivity index (χ0n) is 14.4. The molecule has 0 saturated carbocycles. The highest BCUT2D eigenvalue weighted by atomic mass is 16.5. The van der Waals surface area contributed by atoms with Gasteiger partial charge in [-0.25, -0.2) is 0 Å². The minimum atomic E-state index is 0.162. The summed E-state index contributed by atoms with van der Waals surface area (Å²) in [5.41, 5.74) is 3.40. The summed E-state index contributed by atoms with van der Waals surface area (Å²) in [6.07, 6.45) is 4.37. The van der Waals surface area contributed by atoms with Gasteiger partial charge in [-0.15, -0.1) is 0 Å². The number of aromatic nitrogens is 1. The molecule has 1 atom stereocenters. The van der Waals surface area contributed by atoms with Crippen LogP contribution in [0.5, 0.6) is 0 Å². The molecule has 3 aliphatic rings. The fourth-order valence-corrected chi connectivity index (χ4v) is 4.07. The lowest BCUT2D eigenvalue weighted by Crippen LogP contribution is -2.42. The first-order valence-electron chi connectivity index (χ1n) is 9.13. The van der Waals surface area contributed by atoms with Crippen molar-refractivity contribution in [3.8, 4) is 0 Å². The summed E-state index contributed by atoms with van der Waals surface area (Å²) in [5.74, 6) is 0.162. The van der Waals surface area contributed by atoms with Crippen LogP contribution in [0.25, 0.3) is 0 Å². The molecule has 0 radical (unpaired) electrons. The maximum Gasteiger partial charge on any atom is 0.270 e. The van der Waals surface area contributed by atoms with E-state index in [0.717, 1.165) is 70.8 Å². The number of nitrogens with one attached hydrogen (secondary N) is 1. The number of carbonyl (C=O) groups excluding carboxylic acids is 1. The number of carbonyl (C=O) groups is 1. The Labute approximate surface area is 143 Å². The average molecular weight is 333 g/mol. The Morgan fingerprint density at radius 2 is 2.12 bits per heavy atom. The third kappa shape index (κ3) is 3.10. The van der Waals surface area contributed by atoms with E-state index in [1.54, 1.807) is 0 Å². The second-order valence-corrected chi connectivity index (χ2v) is 7.10. The van der Waals surface area contributed by atoms with Gasteiger partial charge in [0.1, 0.15) is 5.69 Å². The lowest BCUT2D eigenvalue weighted by atomic mass is 10.1. The highest BCUT2D eigenvalue weighted by Crippen LogP contribution is 2.23. The summed E-state index contributed by atoms with van der Waals surface area (Å²) in [6.45, 7) is 4.97. The van der Waals surface area contributed by atoms with Crippen LogP contribution in [-0.4, -0.2) is 60.4 Å². The van der Waals surface area contributed by atoms with Gasteiger partial charge in [-0.3, -0.25) is 4.79 Å². The van der Waals surface area contributed by atoms with Crippen molar-refractivity contribution in [2.75, 3.05) is 32.8 Å². The second-order valence-electron chi connectivity index (χ2n) is 7.10. The highest BCUT2D eigenvalue weighted by molar-refractivity contribution is 5.93. The largest absolute Gasteiger partial charge is 0.379 e. The number of hydrogen-bond acceptors (Lipinski definition) is 4. The van der Waals surface area contributed by atoms with Crippen molar-refractivity contribution in [2.45, 2.75) is 44.4 Å². The topological polar surface area (TPSA) is 55.7 Å². The zero-order chi connectivity index (χ0) is 16.5. The number of piperidine rings is 1. The third-order valence-electron chi connectivity index (χ3n) is 5.52. The van der Waals surface area contributed by atoms with Crippen molar-refractivity contribution in [1.82, 2.24) is 14.8 Å². The number of ether oxygens (including phenoxy) is 2. The molecule has 6 heteroatoms. The molecule has 1 amide bonds.